The fraction of sp³-hybridized carbons (Fsp3) is 0.0476. The van der Waals surface area contributed by atoms with Gasteiger partial charge in [-0.05, 0) is 36.4 Å². The van der Waals surface area contributed by atoms with Gasteiger partial charge in [-0.1, -0.05) is 30.3 Å². The molecule has 0 fully saturated rings. The Morgan fingerprint density at radius 3 is 2.62 bits per heavy atom. The number of anilines is 2. The lowest BCUT2D eigenvalue weighted by Gasteiger charge is -2.10. The number of benzene rings is 2. The van der Waals surface area contributed by atoms with Gasteiger partial charge in [-0.15, -0.1) is 10.2 Å². The molecule has 0 atom stereocenters. The Morgan fingerprint density at radius 1 is 1.00 bits per heavy atom. The molecular weight excluding hydrogens is 375 g/mol. The summed E-state index contributed by atoms with van der Waals surface area (Å²) >= 11 is 0. The Morgan fingerprint density at radius 2 is 1.79 bits per heavy atom. The number of carbonyl (C=O) groups is 1. The van der Waals surface area contributed by atoms with Crippen LogP contribution in [0.4, 0.5) is 15.9 Å². The van der Waals surface area contributed by atoms with Gasteiger partial charge >= 0.3 is 5.97 Å². The summed E-state index contributed by atoms with van der Waals surface area (Å²) in [4.78, 5) is 16.6. The highest BCUT2D eigenvalue weighted by atomic mass is 19.1. The summed E-state index contributed by atoms with van der Waals surface area (Å²) in [5, 5.41) is 10.6. The van der Waals surface area contributed by atoms with Crippen molar-refractivity contribution in [3.05, 3.63) is 90.2 Å². The molecule has 0 bridgehead atoms. The number of aromatic nitrogens is 3. The quantitative estimate of drug-likeness (QED) is 0.489. The summed E-state index contributed by atoms with van der Waals surface area (Å²) in [6, 6.07) is 18.5. The van der Waals surface area contributed by atoms with Gasteiger partial charge in [0.25, 0.3) is 5.89 Å². The molecule has 0 aliphatic carbocycles. The van der Waals surface area contributed by atoms with Crippen LogP contribution in [-0.2, 0) is 11.3 Å². The van der Waals surface area contributed by atoms with E-state index in [0.717, 1.165) is 5.56 Å². The molecule has 1 N–H and O–H groups in total. The van der Waals surface area contributed by atoms with Gasteiger partial charge in [-0.3, -0.25) is 0 Å². The van der Waals surface area contributed by atoms with Crippen LogP contribution in [0.2, 0.25) is 0 Å². The first-order valence-corrected chi connectivity index (χ1v) is 8.72. The zero-order chi connectivity index (χ0) is 20.1. The third kappa shape index (κ3) is 4.27. The summed E-state index contributed by atoms with van der Waals surface area (Å²) in [5.74, 6) is -0.448. The summed E-state index contributed by atoms with van der Waals surface area (Å²) in [6.07, 6.45) is 1.49. The zero-order valence-electron chi connectivity index (χ0n) is 15.1. The molecule has 4 rings (SSSR count). The normalized spacial score (nSPS) is 10.5. The molecule has 7 nitrogen and oxygen atoms in total. The second-order valence-electron chi connectivity index (χ2n) is 5.95. The fourth-order valence-corrected chi connectivity index (χ4v) is 2.57. The van der Waals surface area contributed by atoms with Crippen molar-refractivity contribution in [2.75, 3.05) is 5.32 Å². The summed E-state index contributed by atoms with van der Waals surface area (Å²) in [7, 11) is 0. The number of hydrogen-bond acceptors (Lipinski definition) is 7. The second kappa shape index (κ2) is 8.30. The lowest BCUT2D eigenvalue weighted by Crippen LogP contribution is -2.10. The molecule has 0 aliphatic rings. The molecule has 0 spiro atoms. The number of hydrogen-bond donors (Lipinski definition) is 1. The van der Waals surface area contributed by atoms with E-state index < -0.39 is 11.8 Å². The highest BCUT2D eigenvalue weighted by Gasteiger charge is 2.17. The van der Waals surface area contributed by atoms with Crippen molar-refractivity contribution >= 4 is 17.5 Å². The molecule has 0 unspecified atom stereocenters. The molecule has 0 aliphatic heterocycles. The Labute approximate surface area is 165 Å². The monoisotopic (exact) mass is 390 g/mol. The molecule has 144 valence electrons. The van der Waals surface area contributed by atoms with E-state index in [0.29, 0.717) is 5.89 Å². The number of nitrogens with one attached hydrogen (secondary N) is 1. The molecule has 29 heavy (non-hydrogen) atoms. The Bertz CT molecular complexity index is 1130. The number of pyridine rings is 1. The van der Waals surface area contributed by atoms with E-state index in [1.165, 1.54) is 18.3 Å². The number of esters is 1. The molecule has 0 saturated carbocycles. The molecule has 2 aromatic heterocycles. The number of ether oxygens (including phenoxy) is 1. The lowest BCUT2D eigenvalue weighted by molar-refractivity contribution is 0.0439. The molecule has 0 saturated heterocycles. The SMILES string of the molecule is O=C(OCc1nnc(-c2ccccc2)o1)c1cccnc1Nc1ccccc1F. The topological polar surface area (TPSA) is 90.1 Å². The minimum Gasteiger partial charge on any atom is -0.452 e. The molecule has 2 aromatic carbocycles. The predicted octanol–water partition coefficient (Wildman–Crippen LogP) is 4.37. The number of para-hydroxylation sites is 1. The molecule has 8 heteroatoms. The van der Waals surface area contributed by atoms with Crippen molar-refractivity contribution in [1.29, 1.82) is 0 Å². The first kappa shape index (κ1) is 18.3. The summed E-state index contributed by atoms with van der Waals surface area (Å²) in [6.45, 7) is -0.202. The van der Waals surface area contributed by atoms with E-state index in [9.17, 15) is 9.18 Å². The first-order valence-electron chi connectivity index (χ1n) is 8.72. The summed E-state index contributed by atoms with van der Waals surface area (Å²) in [5.41, 5.74) is 1.12. The maximum Gasteiger partial charge on any atom is 0.342 e. The van der Waals surface area contributed by atoms with Gasteiger partial charge in [0.2, 0.25) is 5.89 Å². The third-order valence-electron chi connectivity index (χ3n) is 3.97. The van der Waals surface area contributed by atoms with E-state index in [1.54, 1.807) is 24.3 Å². The zero-order valence-corrected chi connectivity index (χ0v) is 15.1. The average molecular weight is 390 g/mol. The number of halogens is 1. The Balaban J connectivity index is 1.46. The minimum absolute atomic E-state index is 0.151. The second-order valence-corrected chi connectivity index (χ2v) is 5.95. The van der Waals surface area contributed by atoms with E-state index in [-0.39, 0.29) is 29.6 Å². The van der Waals surface area contributed by atoms with Crippen LogP contribution in [0.1, 0.15) is 16.2 Å². The molecular formula is C21H15FN4O3. The van der Waals surface area contributed by atoms with E-state index >= 15 is 0 Å². The summed E-state index contributed by atoms with van der Waals surface area (Å²) < 4.78 is 24.7. The van der Waals surface area contributed by atoms with Gasteiger partial charge in [-0.25, -0.2) is 14.2 Å². The highest BCUT2D eigenvalue weighted by molar-refractivity contribution is 5.95. The van der Waals surface area contributed by atoms with Gasteiger partial charge in [0.15, 0.2) is 6.61 Å². The van der Waals surface area contributed by atoms with Crippen LogP contribution in [0.15, 0.2) is 77.3 Å². The molecule has 0 amide bonds. The van der Waals surface area contributed by atoms with Crippen molar-refractivity contribution in [3.8, 4) is 11.5 Å². The molecule has 0 radical (unpaired) electrons. The Hall–Kier alpha value is -4.07. The molecule has 2 heterocycles. The van der Waals surface area contributed by atoms with Crippen molar-refractivity contribution in [2.45, 2.75) is 6.61 Å². The maximum atomic E-state index is 13.9. The van der Waals surface area contributed by atoms with Crippen molar-refractivity contribution in [2.24, 2.45) is 0 Å². The van der Waals surface area contributed by atoms with Crippen molar-refractivity contribution < 1.29 is 18.3 Å². The van der Waals surface area contributed by atoms with Gasteiger partial charge in [-0.2, -0.15) is 0 Å². The van der Waals surface area contributed by atoms with Crippen LogP contribution in [0, 0.1) is 5.82 Å². The van der Waals surface area contributed by atoms with Gasteiger partial charge in [0.1, 0.15) is 17.2 Å². The van der Waals surface area contributed by atoms with Gasteiger partial charge in [0, 0.05) is 11.8 Å². The van der Waals surface area contributed by atoms with Crippen LogP contribution in [0.5, 0.6) is 0 Å². The number of carbonyl (C=O) groups excluding carboxylic acids is 1. The first-order chi connectivity index (χ1) is 14.2. The van der Waals surface area contributed by atoms with Crippen molar-refractivity contribution in [1.82, 2.24) is 15.2 Å². The average Bonchev–Trinajstić information content (AvgIpc) is 3.24. The minimum atomic E-state index is -0.656. The van der Waals surface area contributed by atoms with Crippen LogP contribution in [0.25, 0.3) is 11.5 Å². The van der Waals surface area contributed by atoms with Crippen LogP contribution < -0.4 is 5.32 Å². The van der Waals surface area contributed by atoms with Crippen molar-refractivity contribution in [3.63, 3.8) is 0 Å². The number of rotatable bonds is 6. The van der Waals surface area contributed by atoms with Gasteiger partial charge < -0.3 is 14.5 Å². The van der Waals surface area contributed by atoms with Crippen LogP contribution in [0.3, 0.4) is 0 Å². The smallest absolute Gasteiger partial charge is 0.342 e. The van der Waals surface area contributed by atoms with Crippen LogP contribution >= 0.6 is 0 Å². The Kier molecular flexibility index (Phi) is 5.24. The van der Waals surface area contributed by atoms with Gasteiger partial charge in [0.05, 0.1) is 5.69 Å². The maximum absolute atomic E-state index is 13.9. The van der Waals surface area contributed by atoms with E-state index in [4.69, 9.17) is 9.15 Å². The lowest BCUT2D eigenvalue weighted by atomic mass is 10.2. The van der Waals surface area contributed by atoms with E-state index in [2.05, 4.69) is 20.5 Å². The largest absolute Gasteiger partial charge is 0.452 e. The standard InChI is InChI=1S/C21H15FN4O3/c22-16-10-4-5-11-17(16)24-19-15(9-6-12-23-19)21(27)28-13-18-25-26-20(29-18)14-7-2-1-3-8-14/h1-12H,13H2,(H,23,24). The molecule has 4 aromatic rings. The fourth-order valence-electron chi connectivity index (χ4n) is 2.57. The number of nitrogens with zero attached hydrogens (tertiary/aromatic N) is 3. The van der Waals surface area contributed by atoms with E-state index in [1.807, 2.05) is 30.3 Å². The third-order valence-corrected chi connectivity index (χ3v) is 3.97. The van der Waals surface area contributed by atoms with Crippen LogP contribution in [-0.4, -0.2) is 21.2 Å². The highest BCUT2D eigenvalue weighted by Crippen LogP contribution is 2.22. The predicted molar refractivity (Wildman–Crippen MR) is 103 cm³/mol.